The number of carbonyl (C=O) groups is 1. The van der Waals surface area contributed by atoms with Gasteiger partial charge < -0.3 is 14.4 Å². The molecule has 0 radical (unpaired) electrons. The van der Waals surface area contributed by atoms with Crippen LogP contribution in [0.2, 0.25) is 0 Å². The number of benzene rings is 2. The largest absolute Gasteiger partial charge is 0.485 e. The highest BCUT2D eigenvalue weighted by Crippen LogP contribution is 2.31. The molecule has 0 N–H and O–H groups in total. The molecule has 0 unspecified atom stereocenters. The average molecular weight is 269 g/mol. The molecule has 2 aromatic carbocycles. The van der Waals surface area contributed by atoms with Gasteiger partial charge in [-0.1, -0.05) is 30.3 Å². The lowest BCUT2D eigenvalue weighted by Gasteiger charge is -2.28. The predicted molar refractivity (Wildman–Crippen MR) is 76.2 cm³/mol. The molecule has 0 aliphatic carbocycles. The van der Waals surface area contributed by atoms with Crippen molar-refractivity contribution in [1.29, 1.82) is 0 Å². The number of nitrogens with zero attached hydrogens (tertiary/aromatic N) is 1. The van der Waals surface area contributed by atoms with E-state index in [2.05, 4.69) is 0 Å². The van der Waals surface area contributed by atoms with Gasteiger partial charge in [-0.05, 0) is 24.3 Å². The lowest BCUT2D eigenvalue weighted by Crippen LogP contribution is -2.45. The Bertz CT molecular complexity index is 612. The maximum absolute atomic E-state index is 12.4. The molecular formula is C16H15NO3. The van der Waals surface area contributed by atoms with Crippen LogP contribution >= 0.6 is 0 Å². The van der Waals surface area contributed by atoms with Crippen LogP contribution in [-0.2, 0) is 4.79 Å². The van der Waals surface area contributed by atoms with Crippen LogP contribution in [0.25, 0.3) is 0 Å². The van der Waals surface area contributed by atoms with E-state index in [0.29, 0.717) is 11.5 Å². The molecule has 102 valence electrons. The zero-order valence-corrected chi connectivity index (χ0v) is 11.2. The van der Waals surface area contributed by atoms with Crippen LogP contribution in [0.4, 0.5) is 5.69 Å². The number of anilines is 1. The summed E-state index contributed by atoms with van der Waals surface area (Å²) in [6, 6.07) is 16.8. The summed E-state index contributed by atoms with van der Waals surface area (Å²) in [5.74, 6) is 1.17. The average Bonchev–Trinajstić information content (AvgIpc) is 2.54. The number of rotatable bonds is 2. The number of likely N-dealkylation sites (N-methyl/N-ethyl adjacent to an activating group) is 1. The molecule has 1 amide bonds. The maximum atomic E-state index is 12.4. The van der Waals surface area contributed by atoms with Crippen LogP contribution in [0.3, 0.4) is 0 Å². The molecular weight excluding hydrogens is 254 g/mol. The predicted octanol–water partition coefficient (Wildman–Crippen LogP) is 2.49. The minimum Gasteiger partial charge on any atom is -0.485 e. The van der Waals surface area contributed by atoms with E-state index in [1.165, 1.54) is 0 Å². The van der Waals surface area contributed by atoms with E-state index in [1.807, 2.05) is 48.5 Å². The summed E-state index contributed by atoms with van der Waals surface area (Å²) in [7, 11) is 1.74. The van der Waals surface area contributed by atoms with Gasteiger partial charge in [-0.2, -0.15) is 0 Å². The molecule has 0 spiro atoms. The van der Waals surface area contributed by atoms with Crippen molar-refractivity contribution in [1.82, 2.24) is 0 Å². The van der Waals surface area contributed by atoms with Crippen LogP contribution in [0, 0.1) is 0 Å². The quantitative estimate of drug-likeness (QED) is 0.840. The summed E-state index contributed by atoms with van der Waals surface area (Å²) < 4.78 is 11.3. The Morgan fingerprint density at radius 2 is 1.70 bits per heavy atom. The Kier molecular flexibility index (Phi) is 3.29. The number of hydrogen-bond acceptors (Lipinski definition) is 3. The van der Waals surface area contributed by atoms with Crippen molar-refractivity contribution in [2.75, 3.05) is 18.6 Å². The summed E-state index contributed by atoms with van der Waals surface area (Å²) in [5.41, 5.74) is 0.833. The number of amides is 1. The molecule has 1 heterocycles. The Morgan fingerprint density at radius 3 is 2.45 bits per heavy atom. The molecule has 1 aliphatic heterocycles. The van der Waals surface area contributed by atoms with Crippen molar-refractivity contribution >= 4 is 11.6 Å². The Labute approximate surface area is 117 Å². The first-order valence-electron chi connectivity index (χ1n) is 6.47. The second-order valence-electron chi connectivity index (χ2n) is 4.60. The van der Waals surface area contributed by atoms with E-state index in [1.54, 1.807) is 18.0 Å². The minimum atomic E-state index is -0.616. The molecule has 3 rings (SSSR count). The fourth-order valence-corrected chi connectivity index (χ4v) is 2.14. The van der Waals surface area contributed by atoms with Crippen molar-refractivity contribution in [3.8, 4) is 11.5 Å². The summed E-state index contributed by atoms with van der Waals surface area (Å²) in [5, 5.41) is 0. The molecule has 20 heavy (non-hydrogen) atoms. The summed E-state index contributed by atoms with van der Waals surface area (Å²) in [6.45, 7) is 0.229. The van der Waals surface area contributed by atoms with Gasteiger partial charge in [0.2, 0.25) is 6.10 Å². The Morgan fingerprint density at radius 1 is 1.05 bits per heavy atom. The van der Waals surface area contributed by atoms with Crippen LogP contribution in [0.15, 0.2) is 54.6 Å². The number of hydrogen-bond donors (Lipinski definition) is 0. The van der Waals surface area contributed by atoms with Crippen molar-refractivity contribution in [2.45, 2.75) is 6.10 Å². The van der Waals surface area contributed by atoms with Gasteiger partial charge in [0.25, 0.3) is 5.91 Å². The second kappa shape index (κ2) is 5.25. The summed E-state index contributed by atoms with van der Waals surface area (Å²) in [6.07, 6.45) is -0.616. The van der Waals surface area contributed by atoms with Crippen molar-refractivity contribution < 1.29 is 14.3 Å². The first-order chi connectivity index (χ1) is 9.75. The van der Waals surface area contributed by atoms with Crippen molar-refractivity contribution in [3.05, 3.63) is 54.6 Å². The van der Waals surface area contributed by atoms with E-state index < -0.39 is 6.10 Å². The molecule has 2 aromatic rings. The molecule has 0 saturated heterocycles. The monoisotopic (exact) mass is 269 g/mol. The van der Waals surface area contributed by atoms with Gasteiger partial charge >= 0.3 is 0 Å². The number of fused-ring (bicyclic) bond motifs is 1. The molecule has 0 bridgehead atoms. The number of para-hydroxylation sites is 3. The van der Waals surface area contributed by atoms with Crippen LogP contribution < -0.4 is 14.4 Å². The zero-order valence-electron chi connectivity index (χ0n) is 11.2. The zero-order chi connectivity index (χ0) is 13.9. The summed E-state index contributed by atoms with van der Waals surface area (Å²) >= 11 is 0. The summed E-state index contributed by atoms with van der Waals surface area (Å²) in [4.78, 5) is 14.0. The van der Waals surface area contributed by atoms with Crippen LogP contribution in [-0.4, -0.2) is 25.7 Å². The highest BCUT2D eigenvalue weighted by Gasteiger charge is 2.30. The first kappa shape index (κ1) is 12.5. The van der Waals surface area contributed by atoms with Gasteiger partial charge in [0.1, 0.15) is 6.61 Å². The third-order valence-electron chi connectivity index (χ3n) is 3.26. The second-order valence-corrected chi connectivity index (χ2v) is 4.60. The molecule has 1 aliphatic rings. The Balaban J connectivity index is 1.76. The first-order valence-corrected chi connectivity index (χ1v) is 6.47. The molecule has 1 atom stereocenters. The number of carbonyl (C=O) groups excluding carboxylic acids is 1. The number of ether oxygens (including phenoxy) is 2. The van der Waals surface area contributed by atoms with Gasteiger partial charge in [0.05, 0.1) is 0 Å². The molecule has 4 heteroatoms. The lowest BCUT2D eigenvalue weighted by molar-refractivity contribution is -0.127. The van der Waals surface area contributed by atoms with E-state index in [0.717, 1.165) is 5.69 Å². The third-order valence-corrected chi connectivity index (χ3v) is 3.26. The minimum absolute atomic E-state index is 0.120. The van der Waals surface area contributed by atoms with E-state index in [-0.39, 0.29) is 12.5 Å². The van der Waals surface area contributed by atoms with Gasteiger partial charge in [-0.15, -0.1) is 0 Å². The fourth-order valence-electron chi connectivity index (χ4n) is 2.14. The Hall–Kier alpha value is -2.49. The molecule has 4 nitrogen and oxygen atoms in total. The third kappa shape index (κ3) is 2.32. The smallest absolute Gasteiger partial charge is 0.271 e. The van der Waals surface area contributed by atoms with Crippen molar-refractivity contribution in [2.24, 2.45) is 0 Å². The van der Waals surface area contributed by atoms with Crippen molar-refractivity contribution in [3.63, 3.8) is 0 Å². The van der Waals surface area contributed by atoms with Crippen LogP contribution in [0.1, 0.15) is 0 Å². The normalized spacial score (nSPS) is 16.6. The highest BCUT2D eigenvalue weighted by molar-refractivity contribution is 5.96. The SMILES string of the molecule is CN(C(=O)[C@@H]1COc2ccccc2O1)c1ccccc1. The standard InChI is InChI=1S/C16H15NO3/c1-17(12-7-3-2-4-8-12)16(18)15-11-19-13-9-5-6-10-14(13)20-15/h2-10,15H,11H2,1H3/t15-/m0/s1. The van der Waals surface area contributed by atoms with E-state index in [4.69, 9.17) is 9.47 Å². The maximum Gasteiger partial charge on any atom is 0.271 e. The van der Waals surface area contributed by atoms with E-state index in [9.17, 15) is 4.79 Å². The molecule has 0 aromatic heterocycles. The topological polar surface area (TPSA) is 38.8 Å². The van der Waals surface area contributed by atoms with Gasteiger partial charge in [-0.3, -0.25) is 4.79 Å². The molecule has 0 fully saturated rings. The van der Waals surface area contributed by atoms with E-state index >= 15 is 0 Å². The van der Waals surface area contributed by atoms with Crippen LogP contribution in [0.5, 0.6) is 11.5 Å². The van der Waals surface area contributed by atoms with Gasteiger partial charge in [0.15, 0.2) is 11.5 Å². The molecule has 0 saturated carbocycles. The lowest BCUT2D eigenvalue weighted by atomic mass is 10.2. The van der Waals surface area contributed by atoms with Gasteiger partial charge in [-0.25, -0.2) is 0 Å². The van der Waals surface area contributed by atoms with Gasteiger partial charge in [0, 0.05) is 12.7 Å². The fraction of sp³-hybridized carbons (Fsp3) is 0.188. The highest BCUT2D eigenvalue weighted by atomic mass is 16.6.